The number of carboxylic acids is 1. The van der Waals surface area contributed by atoms with E-state index in [1.807, 2.05) is 20.8 Å². The number of carboxylic acid groups (broad SMARTS) is 1. The third-order valence-electron chi connectivity index (χ3n) is 2.90. The average molecular weight is 290 g/mol. The van der Waals surface area contributed by atoms with E-state index in [0.717, 1.165) is 5.69 Å². The van der Waals surface area contributed by atoms with Crippen LogP contribution in [-0.4, -0.2) is 32.7 Å². The number of pyridine rings is 1. The summed E-state index contributed by atoms with van der Waals surface area (Å²) in [6, 6.07) is 3.13. The highest BCUT2D eigenvalue weighted by molar-refractivity contribution is 5.88. The molecule has 0 saturated carbocycles. The number of aromatic carboxylic acids is 1. The molecule has 0 atom stereocenters. The molecule has 0 aliphatic heterocycles. The summed E-state index contributed by atoms with van der Waals surface area (Å²) in [4.78, 5) is 19.6. The molecule has 0 bridgehead atoms. The Hall–Kier alpha value is -2.44. The zero-order valence-electron chi connectivity index (χ0n) is 12.3. The van der Waals surface area contributed by atoms with Crippen molar-refractivity contribution >= 4 is 11.8 Å². The zero-order chi connectivity index (χ0) is 15.5. The van der Waals surface area contributed by atoms with Gasteiger partial charge in [0, 0.05) is 24.1 Å². The summed E-state index contributed by atoms with van der Waals surface area (Å²) in [6.07, 6.45) is 1.84. The highest BCUT2D eigenvalue weighted by atomic mass is 16.5. The molecule has 0 unspecified atom stereocenters. The lowest BCUT2D eigenvalue weighted by atomic mass is 9.91. The summed E-state index contributed by atoms with van der Waals surface area (Å²) in [7, 11) is 0. The highest BCUT2D eigenvalue weighted by Crippen LogP contribution is 2.23. The summed E-state index contributed by atoms with van der Waals surface area (Å²) >= 11 is 0. The van der Waals surface area contributed by atoms with Crippen LogP contribution in [-0.2, 0) is 11.8 Å². The second kappa shape index (κ2) is 5.90. The van der Waals surface area contributed by atoms with Crippen LogP contribution in [0.1, 0.15) is 42.6 Å². The van der Waals surface area contributed by atoms with E-state index in [9.17, 15) is 9.90 Å². The number of carbonyl (C=O) groups is 1. The first-order valence-electron chi connectivity index (χ1n) is 6.61. The van der Waals surface area contributed by atoms with E-state index >= 15 is 0 Å². The van der Waals surface area contributed by atoms with E-state index in [0.29, 0.717) is 24.6 Å². The summed E-state index contributed by atoms with van der Waals surface area (Å²) in [5.41, 5.74) is 0.719. The van der Waals surface area contributed by atoms with Crippen LogP contribution in [0.5, 0.6) is 0 Å². The smallest absolute Gasteiger partial charge is 0.335 e. The van der Waals surface area contributed by atoms with Crippen LogP contribution in [0, 0.1) is 0 Å². The zero-order valence-corrected chi connectivity index (χ0v) is 12.3. The van der Waals surface area contributed by atoms with Crippen molar-refractivity contribution in [3.8, 4) is 0 Å². The first-order valence-corrected chi connectivity index (χ1v) is 6.61. The molecule has 2 heterocycles. The minimum absolute atomic E-state index is 0.219. The fourth-order valence-electron chi connectivity index (χ4n) is 1.73. The molecule has 7 nitrogen and oxygen atoms in total. The minimum atomic E-state index is -0.968. The number of nitrogens with zero attached hydrogens (tertiary/aromatic N) is 3. The molecular formula is C14H18N4O3. The van der Waals surface area contributed by atoms with Crippen LogP contribution < -0.4 is 5.32 Å². The molecule has 0 aliphatic rings. The summed E-state index contributed by atoms with van der Waals surface area (Å²) in [5, 5.41) is 16.0. The molecular weight excluding hydrogens is 272 g/mol. The Morgan fingerprint density at radius 2 is 2.14 bits per heavy atom. The van der Waals surface area contributed by atoms with Crippen molar-refractivity contribution < 1.29 is 14.4 Å². The number of hydrogen-bond acceptors (Lipinski definition) is 6. The Kier molecular flexibility index (Phi) is 4.21. The monoisotopic (exact) mass is 290 g/mol. The Morgan fingerprint density at radius 3 is 2.71 bits per heavy atom. The molecule has 0 radical (unpaired) electrons. The Bertz CT molecular complexity index is 618. The van der Waals surface area contributed by atoms with Gasteiger partial charge in [0.15, 0.2) is 5.82 Å². The van der Waals surface area contributed by atoms with Crippen molar-refractivity contribution in [2.24, 2.45) is 0 Å². The minimum Gasteiger partial charge on any atom is -0.478 e. The van der Waals surface area contributed by atoms with Gasteiger partial charge in [0.1, 0.15) is 5.82 Å². The third kappa shape index (κ3) is 4.01. The Labute approximate surface area is 122 Å². The van der Waals surface area contributed by atoms with E-state index in [2.05, 4.69) is 25.0 Å². The predicted molar refractivity (Wildman–Crippen MR) is 76.4 cm³/mol. The van der Waals surface area contributed by atoms with Crippen molar-refractivity contribution in [2.75, 3.05) is 11.9 Å². The van der Waals surface area contributed by atoms with Gasteiger partial charge in [-0.15, -0.1) is 0 Å². The Morgan fingerprint density at radius 1 is 1.38 bits per heavy atom. The summed E-state index contributed by atoms with van der Waals surface area (Å²) in [6.45, 7) is 6.51. The van der Waals surface area contributed by atoms with Gasteiger partial charge in [-0.1, -0.05) is 25.9 Å². The van der Waals surface area contributed by atoms with Crippen molar-refractivity contribution in [3.05, 3.63) is 35.6 Å². The van der Waals surface area contributed by atoms with Gasteiger partial charge < -0.3 is 14.9 Å². The highest BCUT2D eigenvalue weighted by Gasteiger charge is 2.19. The molecule has 0 spiro atoms. The maximum atomic E-state index is 11.2. The topological polar surface area (TPSA) is 101 Å². The standard InChI is InChI=1S/C14H18N4O3/c1-14(2,3)10-6-9(13(19)20)7-12(17-10)15-5-4-11-16-8-21-18-11/h6-8H,4-5H2,1-3H3,(H,15,17)(H,19,20). The molecule has 0 amide bonds. The van der Waals surface area contributed by atoms with E-state index in [1.54, 1.807) is 6.07 Å². The van der Waals surface area contributed by atoms with Crippen LogP contribution in [0.2, 0.25) is 0 Å². The number of rotatable bonds is 5. The van der Waals surface area contributed by atoms with Crippen LogP contribution >= 0.6 is 0 Å². The maximum absolute atomic E-state index is 11.2. The first kappa shape index (κ1) is 15.0. The molecule has 2 aromatic heterocycles. The lowest BCUT2D eigenvalue weighted by Crippen LogP contribution is -2.17. The number of anilines is 1. The molecule has 21 heavy (non-hydrogen) atoms. The van der Waals surface area contributed by atoms with Gasteiger partial charge in [0.2, 0.25) is 6.39 Å². The maximum Gasteiger partial charge on any atom is 0.335 e. The first-order chi connectivity index (χ1) is 9.86. The van der Waals surface area contributed by atoms with Crippen molar-refractivity contribution in [3.63, 3.8) is 0 Å². The van der Waals surface area contributed by atoms with Crippen LogP contribution in [0.25, 0.3) is 0 Å². The lowest BCUT2D eigenvalue weighted by molar-refractivity contribution is 0.0696. The largest absolute Gasteiger partial charge is 0.478 e. The second-order valence-electron chi connectivity index (χ2n) is 5.71. The number of hydrogen-bond donors (Lipinski definition) is 2. The van der Waals surface area contributed by atoms with E-state index in [4.69, 9.17) is 0 Å². The van der Waals surface area contributed by atoms with Gasteiger partial charge in [-0.3, -0.25) is 0 Å². The van der Waals surface area contributed by atoms with Gasteiger partial charge in [-0.25, -0.2) is 9.78 Å². The SMILES string of the molecule is CC(C)(C)c1cc(C(=O)O)cc(NCCc2ncon2)n1. The van der Waals surface area contributed by atoms with Crippen LogP contribution in [0.3, 0.4) is 0 Å². The number of aromatic nitrogens is 3. The van der Waals surface area contributed by atoms with Gasteiger partial charge in [0.05, 0.1) is 5.56 Å². The van der Waals surface area contributed by atoms with Gasteiger partial charge in [-0.2, -0.15) is 4.98 Å². The molecule has 2 aromatic rings. The average Bonchev–Trinajstić information content (AvgIpc) is 2.90. The summed E-state index contributed by atoms with van der Waals surface area (Å²) < 4.78 is 4.65. The van der Waals surface area contributed by atoms with E-state index in [-0.39, 0.29) is 11.0 Å². The predicted octanol–water partition coefficient (Wildman–Crippen LogP) is 2.11. The molecule has 0 aromatic carbocycles. The molecule has 0 saturated heterocycles. The van der Waals surface area contributed by atoms with Crippen LogP contribution in [0.15, 0.2) is 23.0 Å². The molecule has 0 fully saturated rings. The van der Waals surface area contributed by atoms with E-state index in [1.165, 1.54) is 12.5 Å². The number of nitrogens with one attached hydrogen (secondary N) is 1. The molecule has 2 rings (SSSR count). The molecule has 2 N–H and O–H groups in total. The van der Waals surface area contributed by atoms with Crippen molar-refractivity contribution in [1.29, 1.82) is 0 Å². The summed E-state index contributed by atoms with van der Waals surface area (Å²) in [5.74, 6) is 0.153. The third-order valence-corrected chi connectivity index (χ3v) is 2.90. The fourth-order valence-corrected chi connectivity index (χ4v) is 1.73. The quantitative estimate of drug-likeness (QED) is 0.869. The molecule has 112 valence electrons. The van der Waals surface area contributed by atoms with Gasteiger partial charge in [-0.05, 0) is 12.1 Å². The normalized spacial score (nSPS) is 11.4. The Balaban J connectivity index is 2.14. The van der Waals surface area contributed by atoms with E-state index < -0.39 is 5.97 Å². The van der Waals surface area contributed by atoms with Crippen molar-refractivity contribution in [2.45, 2.75) is 32.6 Å². The lowest BCUT2D eigenvalue weighted by Gasteiger charge is -2.19. The van der Waals surface area contributed by atoms with Crippen molar-refractivity contribution in [1.82, 2.24) is 15.1 Å². The molecule has 7 heteroatoms. The second-order valence-corrected chi connectivity index (χ2v) is 5.71. The molecule has 0 aliphatic carbocycles. The van der Waals surface area contributed by atoms with Gasteiger partial charge in [0.25, 0.3) is 0 Å². The van der Waals surface area contributed by atoms with Crippen LogP contribution in [0.4, 0.5) is 5.82 Å². The fraction of sp³-hybridized carbons (Fsp3) is 0.429. The van der Waals surface area contributed by atoms with Gasteiger partial charge >= 0.3 is 5.97 Å².